The summed E-state index contributed by atoms with van der Waals surface area (Å²) in [5, 5.41) is 0. The highest BCUT2D eigenvalue weighted by atomic mass is 31.2. The van der Waals surface area contributed by atoms with Crippen LogP contribution in [-0.2, 0) is 32.7 Å². The smallest absolute Gasteiger partial charge is 0.462 e. The summed E-state index contributed by atoms with van der Waals surface area (Å²) in [5.41, 5.74) is 5.36. The van der Waals surface area contributed by atoms with Crippen LogP contribution in [0, 0.1) is 0 Å². The van der Waals surface area contributed by atoms with Crippen molar-refractivity contribution in [2.45, 2.75) is 277 Å². The summed E-state index contributed by atoms with van der Waals surface area (Å²) in [7, 11) is -4.37. The molecular formula is C49H98NO8P. The third-order valence-electron chi connectivity index (χ3n) is 11.5. The van der Waals surface area contributed by atoms with Gasteiger partial charge < -0.3 is 20.1 Å². The van der Waals surface area contributed by atoms with Gasteiger partial charge in [-0.05, 0) is 12.8 Å². The first kappa shape index (κ1) is 58.0. The van der Waals surface area contributed by atoms with Crippen LogP contribution in [0.25, 0.3) is 0 Å². The van der Waals surface area contributed by atoms with Gasteiger partial charge in [0.2, 0.25) is 0 Å². The van der Waals surface area contributed by atoms with Gasteiger partial charge in [-0.2, -0.15) is 0 Å². The second kappa shape index (κ2) is 46.5. The van der Waals surface area contributed by atoms with Gasteiger partial charge in [-0.15, -0.1) is 0 Å². The van der Waals surface area contributed by atoms with Crippen molar-refractivity contribution in [3.05, 3.63) is 0 Å². The van der Waals surface area contributed by atoms with E-state index in [1.54, 1.807) is 0 Å². The zero-order chi connectivity index (χ0) is 43.2. The van der Waals surface area contributed by atoms with Crippen LogP contribution in [0.15, 0.2) is 0 Å². The number of unbranched alkanes of at least 4 members (excludes halogenated alkanes) is 36. The van der Waals surface area contributed by atoms with Crippen molar-refractivity contribution in [1.29, 1.82) is 0 Å². The average molecular weight is 860 g/mol. The Morgan fingerprint density at radius 2 is 0.729 bits per heavy atom. The first-order valence-electron chi connectivity index (χ1n) is 25.5. The molecular weight excluding hydrogens is 762 g/mol. The second-order valence-electron chi connectivity index (χ2n) is 17.4. The number of hydrogen-bond acceptors (Lipinski definition) is 8. The summed E-state index contributed by atoms with van der Waals surface area (Å²) in [4.78, 5) is 35.0. The molecule has 59 heavy (non-hydrogen) atoms. The first-order valence-corrected chi connectivity index (χ1v) is 27.0. The second-order valence-corrected chi connectivity index (χ2v) is 18.9. The summed E-state index contributed by atoms with van der Waals surface area (Å²) < 4.78 is 32.9. The van der Waals surface area contributed by atoms with Gasteiger partial charge in [-0.1, -0.05) is 245 Å². The molecule has 0 bridgehead atoms. The van der Waals surface area contributed by atoms with Gasteiger partial charge >= 0.3 is 19.8 Å². The van der Waals surface area contributed by atoms with Crippen LogP contribution in [0.2, 0.25) is 0 Å². The summed E-state index contributed by atoms with van der Waals surface area (Å²) in [6, 6.07) is 0. The van der Waals surface area contributed by atoms with E-state index in [0.29, 0.717) is 6.42 Å². The minimum atomic E-state index is -4.37. The van der Waals surface area contributed by atoms with Crippen molar-refractivity contribution < 1.29 is 37.6 Å². The van der Waals surface area contributed by atoms with E-state index in [4.69, 9.17) is 24.3 Å². The third-order valence-corrected chi connectivity index (χ3v) is 12.5. The van der Waals surface area contributed by atoms with Crippen LogP contribution < -0.4 is 5.73 Å². The normalized spacial score (nSPS) is 13.1. The van der Waals surface area contributed by atoms with Gasteiger partial charge in [-0.3, -0.25) is 18.6 Å². The molecule has 0 heterocycles. The van der Waals surface area contributed by atoms with Crippen molar-refractivity contribution >= 4 is 19.8 Å². The number of hydrogen-bond donors (Lipinski definition) is 2. The topological polar surface area (TPSA) is 134 Å². The molecule has 0 aliphatic rings. The minimum absolute atomic E-state index is 0.0583. The van der Waals surface area contributed by atoms with Crippen molar-refractivity contribution in [3.63, 3.8) is 0 Å². The fraction of sp³-hybridized carbons (Fsp3) is 0.959. The molecule has 0 fully saturated rings. The van der Waals surface area contributed by atoms with E-state index in [1.807, 2.05) is 0 Å². The van der Waals surface area contributed by atoms with Gasteiger partial charge in [0.05, 0.1) is 13.2 Å². The SMILES string of the molecule is CCCCCCCCCCCCCCCCCCCCCCCCCC(=O)OC(COC(=O)CCCCCCCCCCCCCCCCC)COP(=O)(O)OCCN. The Balaban J connectivity index is 3.96. The Morgan fingerprint density at radius 3 is 1.03 bits per heavy atom. The van der Waals surface area contributed by atoms with Crippen LogP contribution in [0.5, 0.6) is 0 Å². The Hall–Kier alpha value is -0.990. The largest absolute Gasteiger partial charge is 0.472 e. The number of carbonyl (C=O) groups excluding carboxylic acids is 2. The number of esters is 2. The zero-order valence-electron chi connectivity index (χ0n) is 39.0. The molecule has 0 saturated heterocycles. The molecule has 9 nitrogen and oxygen atoms in total. The fourth-order valence-electron chi connectivity index (χ4n) is 7.70. The minimum Gasteiger partial charge on any atom is -0.462 e. The van der Waals surface area contributed by atoms with Crippen LogP contribution in [0.4, 0.5) is 0 Å². The van der Waals surface area contributed by atoms with E-state index in [9.17, 15) is 19.0 Å². The van der Waals surface area contributed by atoms with Gasteiger partial charge in [0.15, 0.2) is 6.10 Å². The number of rotatable bonds is 49. The highest BCUT2D eigenvalue weighted by Crippen LogP contribution is 2.43. The molecule has 352 valence electrons. The third kappa shape index (κ3) is 46.3. The van der Waals surface area contributed by atoms with Gasteiger partial charge in [0.1, 0.15) is 6.61 Å². The number of carbonyl (C=O) groups is 2. The predicted octanol–water partition coefficient (Wildman–Crippen LogP) is 15.2. The van der Waals surface area contributed by atoms with Crippen molar-refractivity contribution in [2.75, 3.05) is 26.4 Å². The number of nitrogens with two attached hydrogens (primary N) is 1. The number of phosphoric ester groups is 1. The van der Waals surface area contributed by atoms with Crippen LogP contribution in [-0.4, -0.2) is 49.3 Å². The predicted molar refractivity (Wildman–Crippen MR) is 248 cm³/mol. The molecule has 0 rings (SSSR count). The van der Waals surface area contributed by atoms with Crippen LogP contribution >= 0.6 is 7.82 Å². The number of phosphoric acid groups is 1. The lowest BCUT2D eigenvalue weighted by molar-refractivity contribution is -0.161. The van der Waals surface area contributed by atoms with Gasteiger partial charge in [0.25, 0.3) is 0 Å². The zero-order valence-corrected chi connectivity index (χ0v) is 39.9. The Kier molecular flexibility index (Phi) is 45.7. The highest BCUT2D eigenvalue weighted by Gasteiger charge is 2.26. The van der Waals surface area contributed by atoms with E-state index in [0.717, 1.165) is 32.1 Å². The summed E-state index contributed by atoms with van der Waals surface area (Å²) in [6.07, 6.45) is 48.6. The molecule has 0 aromatic carbocycles. The summed E-state index contributed by atoms with van der Waals surface area (Å²) in [6.45, 7) is 3.80. The highest BCUT2D eigenvalue weighted by molar-refractivity contribution is 7.47. The molecule has 10 heteroatoms. The van der Waals surface area contributed by atoms with E-state index in [-0.39, 0.29) is 38.6 Å². The average Bonchev–Trinajstić information content (AvgIpc) is 3.22. The molecule has 0 aromatic heterocycles. The summed E-state index contributed by atoms with van der Waals surface area (Å²) in [5.74, 6) is -0.807. The molecule has 0 radical (unpaired) electrons. The molecule has 0 aliphatic heterocycles. The van der Waals surface area contributed by atoms with Crippen molar-refractivity contribution in [3.8, 4) is 0 Å². The first-order chi connectivity index (χ1) is 28.8. The monoisotopic (exact) mass is 860 g/mol. The fourth-order valence-corrected chi connectivity index (χ4v) is 8.46. The Morgan fingerprint density at radius 1 is 0.441 bits per heavy atom. The molecule has 0 aliphatic carbocycles. The molecule has 2 unspecified atom stereocenters. The van der Waals surface area contributed by atoms with Crippen molar-refractivity contribution in [2.24, 2.45) is 5.73 Å². The van der Waals surface area contributed by atoms with Crippen LogP contribution in [0.3, 0.4) is 0 Å². The molecule has 0 amide bonds. The van der Waals surface area contributed by atoms with E-state index in [2.05, 4.69) is 13.8 Å². The summed E-state index contributed by atoms with van der Waals surface area (Å²) >= 11 is 0. The van der Waals surface area contributed by atoms with Crippen LogP contribution in [0.1, 0.15) is 271 Å². The van der Waals surface area contributed by atoms with Gasteiger partial charge in [0, 0.05) is 19.4 Å². The molecule has 0 spiro atoms. The Labute approximate surface area is 365 Å². The van der Waals surface area contributed by atoms with Crippen molar-refractivity contribution in [1.82, 2.24) is 0 Å². The maximum Gasteiger partial charge on any atom is 0.472 e. The molecule has 3 N–H and O–H groups in total. The quantitative estimate of drug-likeness (QED) is 0.0348. The lowest BCUT2D eigenvalue weighted by atomic mass is 10.0. The van der Waals surface area contributed by atoms with E-state index in [1.165, 1.54) is 205 Å². The lowest BCUT2D eigenvalue weighted by Crippen LogP contribution is -2.29. The number of ether oxygens (including phenoxy) is 2. The molecule has 0 saturated carbocycles. The van der Waals surface area contributed by atoms with E-state index < -0.39 is 26.5 Å². The van der Waals surface area contributed by atoms with E-state index >= 15 is 0 Å². The maximum absolute atomic E-state index is 12.6. The molecule has 0 aromatic rings. The molecule has 2 atom stereocenters. The standard InChI is InChI=1S/C49H98NO8P/c1-3-5-7-9-11-13-15-17-19-20-21-22-23-24-25-26-28-30-32-34-36-38-40-42-49(52)58-47(46-57-59(53,54)56-44-43-50)45-55-48(51)41-39-37-35-33-31-29-27-18-16-14-12-10-8-6-4-2/h47H,3-46,50H2,1-2H3,(H,53,54). The Bertz CT molecular complexity index is 938. The van der Waals surface area contributed by atoms with Gasteiger partial charge in [-0.25, -0.2) is 4.57 Å². The maximum atomic E-state index is 12.6. The lowest BCUT2D eigenvalue weighted by Gasteiger charge is -2.19.